The topological polar surface area (TPSA) is 0 Å². The molecule has 0 bridgehead atoms. The lowest BCUT2D eigenvalue weighted by Crippen LogP contribution is -2.12. The lowest BCUT2D eigenvalue weighted by molar-refractivity contribution is 0.455. The molecule has 0 aromatic heterocycles. The molecule has 0 aliphatic rings. The number of unbranched alkanes of at least 4 members (excludes halogenated alkanes) is 3. The third kappa shape index (κ3) is 12.3. The van der Waals surface area contributed by atoms with Crippen molar-refractivity contribution >= 4 is 11.6 Å². The Bertz CT molecular complexity index is 188. The molecule has 0 saturated heterocycles. The third-order valence-corrected chi connectivity index (χ3v) is 3.37. The molecule has 0 saturated carbocycles. The van der Waals surface area contributed by atoms with Crippen molar-refractivity contribution in [2.24, 2.45) is 5.92 Å². The SMILES string of the molecule is CCC=CC(CCCCCC)CCC(C)(C)Cl. The molecule has 0 fully saturated rings. The highest BCUT2D eigenvalue weighted by molar-refractivity contribution is 6.23. The highest BCUT2D eigenvalue weighted by Gasteiger charge is 2.15. The second-order valence-corrected chi connectivity index (χ2v) is 6.73. The van der Waals surface area contributed by atoms with Gasteiger partial charge in [0.2, 0.25) is 0 Å². The molecule has 0 radical (unpaired) electrons. The van der Waals surface area contributed by atoms with Gasteiger partial charge in [-0.25, -0.2) is 0 Å². The molecule has 0 amide bonds. The van der Waals surface area contributed by atoms with Crippen LogP contribution in [0.1, 0.15) is 79.1 Å². The van der Waals surface area contributed by atoms with Crippen LogP contribution in [0.5, 0.6) is 0 Å². The maximum absolute atomic E-state index is 6.27. The van der Waals surface area contributed by atoms with Gasteiger partial charge in [-0.2, -0.15) is 0 Å². The largest absolute Gasteiger partial charge is 0.120 e. The minimum absolute atomic E-state index is 0.0400. The van der Waals surface area contributed by atoms with Gasteiger partial charge in [-0.3, -0.25) is 0 Å². The van der Waals surface area contributed by atoms with Crippen LogP contribution in [0.2, 0.25) is 0 Å². The Morgan fingerprint density at radius 1 is 1.06 bits per heavy atom. The van der Waals surface area contributed by atoms with E-state index in [0.717, 1.165) is 18.8 Å². The molecule has 0 spiro atoms. The summed E-state index contributed by atoms with van der Waals surface area (Å²) < 4.78 is 0. The Hall–Kier alpha value is 0.0300. The molecule has 102 valence electrons. The average Bonchev–Trinajstić information content (AvgIpc) is 2.25. The Morgan fingerprint density at radius 3 is 2.29 bits per heavy atom. The number of rotatable bonds is 10. The number of hydrogen-bond acceptors (Lipinski definition) is 0. The van der Waals surface area contributed by atoms with Gasteiger partial charge in [-0.05, 0) is 45.4 Å². The summed E-state index contributed by atoms with van der Waals surface area (Å²) in [5.74, 6) is 0.741. The normalized spacial score (nSPS) is 14.4. The molecule has 1 heteroatoms. The molecular weight excluding hydrogens is 228 g/mol. The predicted molar refractivity (Wildman–Crippen MR) is 80.8 cm³/mol. The lowest BCUT2D eigenvalue weighted by atomic mass is 9.92. The van der Waals surface area contributed by atoms with Gasteiger partial charge in [-0.1, -0.05) is 51.7 Å². The van der Waals surface area contributed by atoms with Crippen molar-refractivity contribution in [3.05, 3.63) is 12.2 Å². The zero-order valence-corrected chi connectivity index (χ0v) is 13.0. The van der Waals surface area contributed by atoms with Gasteiger partial charge < -0.3 is 0 Å². The van der Waals surface area contributed by atoms with Crippen LogP contribution in [-0.2, 0) is 0 Å². The van der Waals surface area contributed by atoms with Crippen LogP contribution in [-0.4, -0.2) is 4.87 Å². The molecule has 0 rings (SSSR count). The second kappa shape index (κ2) is 10.00. The fourth-order valence-electron chi connectivity index (χ4n) is 2.03. The van der Waals surface area contributed by atoms with E-state index < -0.39 is 0 Å². The first-order valence-corrected chi connectivity index (χ1v) is 7.73. The summed E-state index contributed by atoms with van der Waals surface area (Å²) in [7, 11) is 0. The molecule has 0 aliphatic carbocycles. The molecule has 1 atom stereocenters. The highest BCUT2D eigenvalue weighted by Crippen LogP contribution is 2.26. The van der Waals surface area contributed by atoms with Crippen molar-refractivity contribution in [2.45, 2.75) is 83.9 Å². The summed E-state index contributed by atoms with van der Waals surface area (Å²) in [6.45, 7) is 8.71. The molecule has 0 aromatic carbocycles. The van der Waals surface area contributed by atoms with Crippen molar-refractivity contribution < 1.29 is 0 Å². The number of allylic oxidation sites excluding steroid dienone is 2. The zero-order chi connectivity index (χ0) is 13.1. The first-order chi connectivity index (χ1) is 7.99. The van der Waals surface area contributed by atoms with E-state index in [-0.39, 0.29) is 4.87 Å². The van der Waals surface area contributed by atoms with Crippen LogP contribution in [0.25, 0.3) is 0 Å². The summed E-state index contributed by atoms with van der Waals surface area (Å²) in [4.78, 5) is -0.0400. The van der Waals surface area contributed by atoms with Crippen LogP contribution in [0.4, 0.5) is 0 Å². The second-order valence-electron chi connectivity index (χ2n) is 5.70. The van der Waals surface area contributed by atoms with Crippen LogP contribution < -0.4 is 0 Å². The Morgan fingerprint density at radius 2 is 1.76 bits per heavy atom. The molecule has 0 N–H and O–H groups in total. The average molecular weight is 259 g/mol. The maximum Gasteiger partial charge on any atom is 0.0390 e. The van der Waals surface area contributed by atoms with Gasteiger partial charge in [-0.15, -0.1) is 11.6 Å². The van der Waals surface area contributed by atoms with Crippen LogP contribution in [0, 0.1) is 5.92 Å². The standard InChI is InChI=1S/C16H31Cl/c1-5-7-9-10-12-15(11-8-6-2)13-14-16(3,4)17/h8,11,15H,5-7,9-10,12-14H2,1-4H3. The van der Waals surface area contributed by atoms with Crippen LogP contribution in [0.3, 0.4) is 0 Å². The van der Waals surface area contributed by atoms with Gasteiger partial charge in [0.25, 0.3) is 0 Å². The van der Waals surface area contributed by atoms with E-state index in [4.69, 9.17) is 11.6 Å². The van der Waals surface area contributed by atoms with Crippen molar-refractivity contribution in [3.8, 4) is 0 Å². The summed E-state index contributed by atoms with van der Waals surface area (Å²) in [5.41, 5.74) is 0. The first-order valence-electron chi connectivity index (χ1n) is 7.35. The first kappa shape index (κ1) is 17.0. The van der Waals surface area contributed by atoms with E-state index in [1.807, 2.05) is 0 Å². The summed E-state index contributed by atoms with van der Waals surface area (Å²) in [6.07, 6.45) is 15.0. The molecule has 0 aromatic rings. The van der Waals surface area contributed by atoms with Gasteiger partial charge >= 0.3 is 0 Å². The van der Waals surface area contributed by atoms with E-state index >= 15 is 0 Å². The Labute approximate surface area is 114 Å². The monoisotopic (exact) mass is 258 g/mol. The molecule has 0 aliphatic heterocycles. The Balaban J connectivity index is 3.92. The quantitative estimate of drug-likeness (QED) is 0.244. The lowest BCUT2D eigenvalue weighted by Gasteiger charge is -2.19. The van der Waals surface area contributed by atoms with E-state index in [9.17, 15) is 0 Å². The van der Waals surface area contributed by atoms with Crippen LogP contribution in [0.15, 0.2) is 12.2 Å². The van der Waals surface area contributed by atoms with Crippen molar-refractivity contribution in [1.29, 1.82) is 0 Å². The summed E-state index contributed by atoms with van der Waals surface area (Å²) in [5, 5.41) is 0. The van der Waals surface area contributed by atoms with Gasteiger partial charge in [0.05, 0.1) is 0 Å². The fourth-order valence-corrected chi connectivity index (χ4v) is 2.14. The van der Waals surface area contributed by atoms with Gasteiger partial charge in [0.1, 0.15) is 0 Å². The number of hydrogen-bond donors (Lipinski definition) is 0. The number of halogens is 1. The van der Waals surface area contributed by atoms with Crippen molar-refractivity contribution in [3.63, 3.8) is 0 Å². The predicted octanol–water partition coefficient (Wildman–Crippen LogP) is 6.34. The van der Waals surface area contributed by atoms with E-state index in [1.165, 1.54) is 38.5 Å². The summed E-state index contributed by atoms with van der Waals surface area (Å²) in [6, 6.07) is 0. The van der Waals surface area contributed by atoms with Crippen LogP contribution >= 0.6 is 11.6 Å². The molecule has 0 nitrogen and oxygen atoms in total. The zero-order valence-electron chi connectivity index (χ0n) is 12.3. The van der Waals surface area contributed by atoms with Crippen molar-refractivity contribution in [1.82, 2.24) is 0 Å². The Kier molecular flexibility index (Phi) is 10.0. The molecule has 0 heterocycles. The minimum atomic E-state index is -0.0400. The summed E-state index contributed by atoms with van der Waals surface area (Å²) >= 11 is 6.27. The third-order valence-electron chi connectivity index (χ3n) is 3.18. The van der Waals surface area contributed by atoms with E-state index in [1.54, 1.807) is 0 Å². The maximum atomic E-state index is 6.27. The molecule has 17 heavy (non-hydrogen) atoms. The molecular formula is C16H31Cl. The minimum Gasteiger partial charge on any atom is -0.120 e. The van der Waals surface area contributed by atoms with E-state index in [0.29, 0.717) is 0 Å². The van der Waals surface area contributed by atoms with Gasteiger partial charge in [0.15, 0.2) is 0 Å². The number of alkyl halides is 1. The highest BCUT2D eigenvalue weighted by atomic mass is 35.5. The smallest absolute Gasteiger partial charge is 0.0390 e. The van der Waals surface area contributed by atoms with Crippen molar-refractivity contribution in [2.75, 3.05) is 0 Å². The fraction of sp³-hybridized carbons (Fsp3) is 0.875. The van der Waals surface area contributed by atoms with E-state index in [2.05, 4.69) is 39.8 Å². The van der Waals surface area contributed by atoms with Gasteiger partial charge in [0, 0.05) is 4.87 Å². The molecule has 1 unspecified atom stereocenters.